The highest BCUT2D eigenvalue weighted by Gasteiger charge is 2.28. The summed E-state index contributed by atoms with van der Waals surface area (Å²) in [6, 6.07) is 10.2. The molecule has 1 fully saturated rings. The van der Waals surface area contributed by atoms with Crippen molar-refractivity contribution in [2.75, 3.05) is 0 Å². The maximum atomic E-state index is 10.8. The molecule has 2 rings (SSSR count). The molecule has 0 amide bonds. The van der Waals surface area contributed by atoms with Gasteiger partial charge in [-0.1, -0.05) is 43.2 Å². The molecule has 1 unspecified atom stereocenters. The molecule has 1 radical (unpaired) electrons. The van der Waals surface area contributed by atoms with Gasteiger partial charge in [0.2, 0.25) is 0 Å². The molecule has 0 saturated heterocycles. The van der Waals surface area contributed by atoms with Gasteiger partial charge < -0.3 is 5.11 Å². The Morgan fingerprint density at radius 2 is 2.00 bits per heavy atom. The van der Waals surface area contributed by atoms with Gasteiger partial charge in [-0.15, -0.1) is 0 Å². The standard InChI is InChI=1S/C14H17O2/c15-14(16)10-12-8-4-5-9-13(12)11-6-2-1-3-7-11/h1-3,6-7,12H,4-5,8-10H2,(H,15,16). The summed E-state index contributed by atoms with van der Waals surface area (Å²) in [7, 11) is 0. The summed E-state index contributed by atoms with van der Waals surface area (Å²) in [4.78, 5) is 10.8. The smallest absolute Gasteiger partial charge is 0.303 e. The Kier molecular flexibility index (Phi) is 3.60. The fraction of sp³-hybridized carbons (Fsp3) is 0.429. The van der Waals surface area contributed by atoms with E-state index in [9.17, 15) is 4.79 Å². The zero-order valence-corrected chi connectivity index (χ0v) is 9.36. The minimum absolute atomic E-state index is 0.244. The lowest BCUT2D eigenvalue weighted by molar-refractivity contribution is -0.138. The monoisotopic (exact) mass is 217 g/mol. The van der Waals surface area contributed by atoms with Crippen LogP contribution in [0.25, 0.3) is 0 Å². The van der Waals surface area contributed by atoms with Crippen LogP contribution in [-0.4, -0.2) is 11.1 Å². The van der Waals surface area contributed by atoms with Crippen molar-refractivity contribution in [2.45, 2.75) is 32.1 Å². The van der Waals surface area contributed by atoms with E-state index in [2.05, 4.69) is 12.1 Å². The van der Waals surface area contributed by atoms with Crippen LogP contribution in [0.3, 0.4) is 0 Å². The lowest BCUT2D eigenvalue weighted by Gasteiger charge is -2.30. The second-order valence-electron chi connectivity index (χ2n) is 4.43. The number of rotatable bonds is 3. The first kappa shape index (κ1) is 11.2. The van der Waals surface area contributed by atoms with Gasteiger partial charge in [-0.05, 0) is 24.3 Å². The maximum absolute atomic E-state index is 10.8. The number of hydrogen-bond acceptors (Lipinski definition) is 1. The summed E-state index contributed by atoms with van der Waals surface area (Å²) in [5.41, 5.74) is 1.23. The van der Waals surface area contributed by atoms with Crippen LogP contribution in [0.4, 0.5) is 0 Å². The van der Waals surface area contributed by atoms with Crippen molar-refractivity contribution < 1.29 is 9.90 Å². The zero-order valence-electron chi connectivity index (χ0n) is 9.36. The molecular formula is C14H17O2. The molecule has 0 aromatic heterocycles. The number of aliphatic carboxylic acids is 1. The Hall–Kier alpha value is -1.31. The number of hydrogen-bond donors (Lipinski definition) is 1. The summed E-state index contributed by atoms with van der Waals surface area (Å²) in [6.45, 7) is 0. The van der Waals surface area contributed by atoms with Crippen LogP contribution >= 0.6 is 0 Å². The highest BCUT2D eigenvalue weighted by molar-refractivity contribution is 5.67. The van der Waals surface area contributed by atoms with Crippen LogP contribution in [0.1, 0.15) is 37.7 Å². The van der Waals surface area contributed by atoms with Gasteiger partial charge in [-0.2, -0.15) is 0 Å². The van der Waals surface area contributed by atoms with Gasteiger partial charge in [0, 0.05) is 12.3 Å². The Bertz CT molecular complexity index is 345. The van der Waals surface area contributed by atoms with Gasteiger partial charge >= 0.3 is 5.97 Å². The SMILES string of the molecule is O=C(O)CC1CCCC[C]1c1ccccc1. The molecular weight excluding hydrogens is 200 g/mol. The topological polar surface area (TPSA) is 37.3 Å². The molecule has 1 atom stereocenters. The predicted molar refractivity (Wildman–Crippen MR) is 63.0 cm³/mol. The van der Waals surface area contributed by atoms with E-state index in [4.69, 9.17) is 5.11 Å². The van der Waals surface area contributed by atoms with E-state index in [1.807, 2.05) is 18.2 Å². The Balaban J connectivity index is 2.13. The van der Waals surface area contributed by atoms with Crippen molar-refractivity contribution >= 4 is 5.97 Å². The molecule has 0 spiro atoms. The minimum atomic E-state index is -0.680. The van der Waals surface area contributed by atoms with E-state index >= 15 is 0 Å². The fourth-order valence-corrected chi connectivity index (χ4v) is 2.55. The van der Waals surface area contributed by atoms with Crippen molar-refractivity contribution in [3.05, 3.63) is 41.8 Å². The van der Waals surface area contributed by atoms with Gasteiger partial charge in [0.05, 0.1) is 0 Å². The van der Waals surface area contributed by atoms with Gasteiger partial charge in [-0.25, -0.2) is 0 Å². The van der Waals surface area contributed by atoms with Gasteiger partial charge in [0.25, 0.3) is 0 Å². The van der Waals surface area contributed by atoms with Crippen LogP contribution in [0.15, 0.2) is 30.3 Å². The molecule has 1 saturated carbocycles. The molecule has 0 aliphatic heterocycles. The molecule has 1 aromatic rings. The first-order valence-corrected chi connectivity index (χ1v) is 5.90. The molecule has 1 aromatic carbocycles. The van der Waals surface area contributed by atoms with Crippen molar-refractivity contribution in [3.63, 3.8) is 0 Å². The fourth-order valence-electron chi connectivity index (χ4n) is 2.55. The third-order valence-electron chi connectivity index (χ3n) is 3.31. The third kappa shape index (κ3) is 2.63. The highest BCUT2D eigenvalue weighted by atomic mass is 16.4. The van der Waals surface area contributed by atoms with E-state index in [1.54, 1.807) is 0 Å². The second-order valence-corrected chi connectivity index (χ2v) is 4.43. The zero-order chi connectivity index (χ0) is 11.4. The molecule has 0 heterocycles. The van der Waals surface area contributed by atoms with Crippen LogP contribution in [-0.2, 0) is 4.79 Å². The number of carboxylic acid groups (broad SMARTS) is 1. The predicted octanol–water partition coefficient (Wildman–Crippen LogP) is 3.27. The summed E-state index contributed by atoms with van der Waals surface area (Å²) >= 11 is 0. The second kappa shape index (κ2) is 5.15. The number of carbonyl (C=O) groups is 1. The summed E-state index contributed by atoms with van der Waals surface area (Å²) in [5.74, 6) is 0.906. The highest BCUT2D eigenvalue weighted by Crippen LogP contribution is 2.38. The lowest BCUT2D eigenvalue weighted by Crippen LogP contribution is -2.21. The van der Waals surface area contributed by atoms with E-state index in [0.29, 0.717) is 0 Å². The van der Waals surface area contributed by atoms with E-state index in [-0.39, 0.29) is 12.3 Å². The van der Waals surface area contributed by atoms with Crippen molar-refractivity contribution in [2.24, 2.45) is 5.92 Å². The van der Waals surface area contributed by atoms with Gasteiger partial charge in [0.1, 0.15) is 0 Å². The first-order chi connectivity index (χ1) is 7.77. The van der Waals surface area contributed by atoms with Crippen LogP contribution in [0.2, 0.25) is 0 Å². The Morgan fingerprint density at radius 3 is 2.69 bits per heavy atom. The maximum Gasteiger partial charge on any atom is 0.303 e. The third-order valence-corrected chi connectivity index (χ3v) is 3.31. The largest absolute Gasteiger partial charge is 0.481 e. The molecule has 1 N–H and O–H groups in total. The molecule has 2 heteroatoms. The van der Waals surface area contributed by atoms with E-state index in [1.165, 1.54) is 17.9 Å². The molecule has 1 aliphatic carbocycles. The average Bonchev–Trinajstić information content (AvgIpc) is 2.30. The minimum Gasteiger partial charge on any atom is -0.481 e. The molecule has 85 valence electrons. The van der Waals surface area contributed by atoms with E-state index < -0.39 is 5.97 Å². The van der Waals surface area contributed by atoms with Crippen molar-refractivity contribution in [3.8, 4) is 0 Å². The van der Waals surface area contributed by atoms with Gasteiger partial charge in [-0.3, -0.25) is 4.79 Å². The first-order valence-electron chi connectivity index (χ1n) is 5.90. The van der Waals surface area contributed by atoms with Crippen molar-refractivity contribution in [1.29, 1.82) is 0 Å². The van der Waals surface area contributed by atoms with E-state index in [0.717, 1.165) is 19.3 Å². The molecule has 1 aliphatic rings. The van der Waals surface area contributed by atoms with Crippen LogP contribution in [0, 0.1) is 11.8 Å². The molecule has 16 heavy (non-hydrogen) atoms. The van der Waals surface area contributed by atoms with Crippen molar-refractivity contribution in [1.82, 2.24) is 0 Å². The summed E-state index contributed by atoms with van der Waals surface area (Å²) in [5, 5.41) is 8.92. The summed E-state index contributed by atoms with van der Waals surface area (Å²) < 4.78 is 0. The number of benzene rings is 1. The normalized spacial score (nSPS) is 21.9. The van der Waals surface area contributed by atoms with Crippen LogP contribution in [0.5, 0.6) is 0 Å². The Morgan fingerprint density at radius 1 is 1.25 bits per heavy atom. The quantitative estimate of drug-likeness (QED) is 0.843. The molecule has 2 nitrogen and oxygen atoms in total. The number of carboxylic acids is 1. The average molecular weight is 217 g/mol. The van der Waals surface area contributed by atoms with Gasteiger partial charge in [0.15, 0.2) is 0 Å². The van der Waals surface area contributed by atoms with Crippen LogP contribution < -0.4 is 0 Å². The lowest BCUT2D eigenvalue weighted by atomic mass is 9.74. The summed E-state index contributed by atoms with van der Waals surface area (Å²) in [6.07, 6.45) is 4.72. The Labute approximate surface area is 96.3 Å². The molecule has 0 bridgehead atoms.